The number of carbonyl (C=O) groups is 1. The maximum atomic E-state index is 14.4. The van der Waals surface area contributed by atoms with E-state index in [0.717, 1.165) is 11.3 Å². The molecule has 3 heterocycles. The van der Waals surface area contributed by atoms with Gasteiger partial charge in [0.1, 0.15) is 33.3 Å². The lowest BCUT2D eigenvalue weighted by atomic mass is 10.0. The van der Waals surface area contributed by atoms with E-state index in [9.17, 15) is 19.2 Å². The molecule has 0 aliphatic carbocycles. The molecule has 2 saturated heterocycles. The quantitative estimate of drug-likeness (QED) is 0.289. The van der Waals surface area contributed by atoms with Gasteiger partial charge in [-0.3, -0.25) is 19.1 Å². The summed E-state index contributed by atoms with van der Waals surface area (Å²) in [6, 6.07) is 16.4. The molecule has 2 aliphatic rings. The zero-order valence-corrected chi connectivity index (χ0v) is 25.2. The van der Waals surface area contributed by atoms with Crippen molar-refractivity contribution in [2.45, 2.75) is 13.3 Å². The molecule has 2 fully saturated rings. The van der Waals surface area contributed by atoms with Crippen LogP contribution >= 0.6 is 24.0 Å². The molecule has 8 nitrogen and oxygen atoms in total. The average molecular weight is 604 g/mol. The first kappa shape index (κ1) is 29.4. The number of aromatic nitrogens is 1. The van der Waals surface area contributed by atoms with Crippen molar-refractivity contribution in [2.24, 2.45) is 7.05 Å². The van der Waals surface area contributed by atoms with Crippen molar-refractivity contribution in [3.8, 4) is 11.8 Å². The van der Waals surface area contributed by atoms with Gasteiger partial charge in [-0.05, 0) is 54.8 Å². The summed E-state index contributed by atoms with van der Waals surface area (Å²) in [6.07, 6.45) is 2.37. The summed E-state index contributed by atoms with van der Waals surface area (Å²) in [6.45, 7) is 4.29. The maximum Gasteiger partial charge on any atom is 0.270 e. The Kier molecular flexibility index (Phi) is 8.66. The second-order valence-corrected chi connectivity index (χ2v) is 11.7. The number of carbonyl (C=O) groups excluding carboxylic acids is 1. The number of thiocarbonyl (C=S) groups is 1. The molecule has 0 unspecified atom stereocenters. The Morgan fingerprint density at radius 3 is 2.38 bits per heavy atom. The van der Waals surface area contributed by atoms with Gasteiger partial charge < -0.3 is 14.5 Å². The summed E-state index contributed by atoms with van der Waals surface area (Å²) in [5.41, 5.74) is 2.37. The summed E-state index contributed by atoms with van der Waals surface area (Å²) in [5, 5.41) is 9.80. The van der Waals surface area contributed by atoms with Crippen LogP contribution in [0.3, 0.4) is 0 Å². The Bertz CT molecular complexity index is 1670. The Morgan fingerprint density at radius 1 is 1.07 bits per heavy atom. The van der Waals surface area contributed by atoms with Crippen LogP contribution in [0.4, 0.5) is 15.9 Å². The third-order valence-electron chi connectivity index (χ3n) is 7.67. The second kappa shape index (κ2) is 12.4. The zero-order chi connectivity index (χ0) is 30.0. The van der Waals surface area contributed by atoms with Crippen LogP contribution in [-0.2, 0) is 18.3 Å². The number of pyridine rings is 1. The minimum atomic E-state index is -0.397. The number of methoxy groups -OCH3 is 1. The highest BCUT2D eigenvalue weighted by molar-refractivity contribution is 8.26. The molecule has 1 aromatic heterocycles. The minimum absolute atomic E-state index is 0.0347. The van der Waals surface area contributed by atoms with Crippen LogP contribution in [0.1, 0.15) is 22.3 Å². The number of benzene rings is 2. The first-order valence-corrected chi connectivity index (χ1v) is 14.7. The van der Waals surface area contributed by atoms with Crippen LogP contribution in [-0.4, -0.2) is 59.5 Å². The van der Waals surface area contributed by atoms with E-state index in [4.69, 9.17) is 17.0 Å². The molecule has 1 amide bonds. The third kappa shape index (κ3) is 5.65. The number of nitriles is 1. The van der Waals surface area contributed by atoms with Crippen LogP contribution in [0.15, 0.2) is 58.2 Å². The Morgan fingerprint density at radius 2 is 1.74 bits per heavy atom. The summed E-state index contributed by atoms with van der Waals surface area (Å²) < 4.78 is 21.6. The van der Waals surface area contributed by atoms with Gasteiger partial charge in [0.05, 0.1) is 17.7 Å². The lowest BCUT2D eigenvalue weighted by Gasteiger charge is -2.38. The molecular formula is C31H30FN5O3S2. The molecule has 0 saturated carbocycles. The van der Waals surface area contributed by atoms with Crippen LogP contribution in [0.5, 0.6) is 5.75 Å². The predicted octanol–water partition coefficient (Wildman–Crippen LogP) is 4.48. The molecular weight excluding hydrogens is 574 g/mol. The van der Waals surface area contributed by atoms with Gasteiger partial charge in [-0.2, -0.15) is 5.26 Å². The van der Waals surface area contributed by atoms with Crippen LogP contribution in [0.25, 0.3) is 6.08 Å². The van der Waals surface area contributed by atoms with Gasteiger partial charge in [0, 0.05) is 45.3 Å². The van der Waals surface area contributed by atoms with Crippen molar-refractivity contribution in [3.05, 3.63) is 91.9 Å². The van der Waals surface area contributed by atoms with Crippen molar-refractivity contribution in [2.75, 3.05) is 49.6 Å². The number of amides is 1. The lowest BCUT2D eigenvalue weighted by molar-refractivity contribution is -0.122. The molecule has 0 spiro atoms. The Balaban J connectivity index is 1.43. The number of para-hydroxylation sites is 1. The van der Waals surface area contributed by atoms with Crippen molar-refractivity contribution in [1.29, 1.82) is 5.26 Å². The van der Waals surface area contributed by atoms with Gasteiger partial charge in [-0.15, -0.1) is 0 Å². The number of rotatable bonds is 7. The first-order chi connectivity index (χ1) is 20.2. The van der Waals surface area contributed by atoms with E-state index in [1.807, 2.05) is 41.3 Å². The summed E-state index contributed by atoms with van der Waals surface area (Å²) in [5.74, 6) is 0.900. The molecule has 0 N–H and O–H groups in total. The van der Waals surface area contributed by atoms with Crippen molar-refractivity contribution < 1.29 is 13.9 Å². The van der Waals surface area contributed by atoms with Gasteiger partial charge in [0.15, 0.2) is 0 Å². The van der Waals surface area contributed by atoms with Crippen molar-refractivity contribution in [1.82, 2.24) is 9.47 Å². The number of nitrogens with zero attached hydrogens (tertiary/aromatic N) is 5. The molecule has 11 heteroatoms. The monoisotopic (exact) mass is 603 g/mol. The molecule has 0 radical (unpaired) electrons. The predicted molar refractivity (Wildman–Crippen MR) is 169 cm³/mol. The fourth-order valence-electron chi connectivity index (χ4n) is 5.32. The largest absolute Gasteiger partial charge is 0.497 e. The highest BCUT2D eigenvalue weighted by atomic mass is 32.2. The fourth-order valence-corrected chi connectivity index (χ4v) is 6.61. The molecule has 2 aliphatic heterocycles. The number of hydrogen-bond acceptors (Lipinski definition) is 8. The molecule has 216 valence electrons. The Labute approximate surface area is 253 Å². The van der Waals surface area contributed by atoms with Crippen molar-refractivity contribution in [3.63, 3.8) is 0 Å². The van der Waals surface area contributed by atoms with E-state index >= 15 is 0 Å². The third-order valence-corrected chi connectivity index (χ3v) is 9.05. The van der Waals surface area contributed by atoms with Gasteiger partial charge in [0.25, 0.3) is 11.5 Å². The minimum Gasteiger partial charge on any atom is -0.497 e. The standard InChI is InChI=1S/C31H30FN5O3S2/c1-20-23(18-27-30(39)37(31(41)42-27)13-12-21-8-10-22(40-3)11-9-21)28(34(2)29(38)24(20)19-33)36-16-14-35(15-17-36)26-7-5-4-6-25(26)32/h4-11,18H,12-17H2,1-3H3. The van der Waals surface area contributed by atoms with E-state index in [0.29, 0.717) is 71.0 Å². The number of ether oxygens (including phenoxy) is 1. The van der Waals surface area contributed by atoms with E-state index < -0.39 is 5.56 Å². The normalized spacial score (nSPS) is 16.4. The van der Waals surface area contributed by atoms with Crippen LogP contribution in [0.2, 0.25) is 0 Å². The van der Waals surface area contributed by atoms with Gasteiger partial charge in [-0.1, -0.05) is 48.2 Å². The van der Waals surface area contributed by atoms with E-state index in [2.05, 4.69) is 4.90 Å². The van der Waals surface area contributed by atoms with Crippen molar-refractivity contribution >= 4 is 51.8 Å². The Hall–Kier alpha value is -4.14. The zero-order valence-electron chi connectivity index (χ0n) is 23.6. The fraction of sp³-hybridized carbons (Fsp3) is 0.290. The van der Waals surface area contributed by atoms with Gasteiger partial charge in [0.2, 0.25) is 0 Å². The number of thioether (sulfide) groups is 1. The number of piperazine rings is 1. The second-order valence-electron chi connectivity index (χ2n) is 10.1. The SMILES string of the molecule is COc1ccc(CCN2C(=O)C(=Cc3c(C)c(C#N)c(=O)n(C)c3N3CCN(c4ccccc4F)CC3)SC2=S)cc1. The maximum absolute atomic E-state index is 14.4. The van der Waals surface area contributed by atoms with Crippen LogP contribution < -0.4 is 20.1 Å². The summed E-state index contributed by atoms with van der Waals surface area (Å²) in [4.78, 5) is 32.7. The highest BCUT2D eigenvalue weighted by Gasteiger charge is 2.33. The molecule has 0 atom stereocenters. The first-order valence-electron chi connectivity index (χ1n) is 13.5. The van der Waals surface area contributed by atoms with E-state index in [1.165, 1.54) is 22.4 Å². The molecule has 5 rings (SSSR count). The number of hydrogen-bond donors (Lipinski definition) is 0. The lowest BCUT2D eigenvalue weighted by Crippen LogP contribution is -2.48. The molecule has 2 aromatic carbocycles. The molecule has 42 heavy (non-hydrogen) atoms. The average Bonchev–Trinajstić information content (AvgIpc) is 3.27. The topological polar surface area (TPSA) is 81.8 Å². The van der Waals surface area contributed by atoms with Gasteiger partial charge in [-0.25, -0.2) is 4.39 Å². The smallest absolute Gasteiger partial charge is 0.270 e. The van der Waals surface area contributed by atoms with Gasteiger partial charge >= 0.3 is 0 Å². The van der Waals surface area contributed by atoms with E-state index in [1.54, 1.807) is 44.2 Å². The molecule has 0 bridgehead atoms. The highest BCUT2D eigenvalue weighted by Crippen LogP contribution is 2.36. The van der Waals surface area contributed by atoms with E-state index in [-0.39, 0.29) is 17.3 Å². The summed E-state index contributed by atoms with van der Waals surface area (Å²) >= 11 is 6.79. The summed E-state index contributed by atoms with van der Waals surface area (Å²) in [7, 11) is 3.25. The number of halogens is 1. The molecule has 3 aromatic rings. The van der Waals surface area contributed by atoms with Crippen LogP contribution in [0, 0.1) is 24.1 Å². The number of anilines is 2.